The fourth-order valence-electron chi connectivity index (χ4n) is 3.01. The molecule has 3 rings (SSSR count). The molecule has 1 fully saturated rings. The molecule has 2 atom stereocenters. The van der Waals surface area contributed by atoms with Gasteiger partial charge in [0.05, 0.1) is 6.10 Å². The van der Waals surface area contributed by atoms with Gasteiger partial charge in [0.1, 0.15) is 11.5 Å². The molecular formula is C20H24N2O3. The average molecular weight is 340 g/mol. The Hall–Kier alpha value is -2.53. The van der Waals surface area contributed by atoms with Crippen LogP contribution in [0.4, 0.5) is 4.79 Å². The van der Waals surface area contributed by atoms with Crippen LogP contribution >= 0.6 is 0 Å². The molecule has 1 aliphatic heterocycles. The van der Waals surface area contributed by atoms with Gasteiger partial charge in [0, 0.05) is 31.1 Å². The zero-order chi connectivity index (χ0) is 17.6. The Morgan fingerprint density at radius 3 is 2.68 bits per heavy atom. The van der Waals surface area contributed by atoms with Gasteiger partial charge in [-0.2, -0.15) is 0 Å². The third kappa shape index (κ3) is 4.51. The Bertz CT molecular complexity index is 703. The highest BCUT2D eigenvalue weighted by atomic mass is 16.5. The number of aliphatic hydroxyl groups excluding tert-OH is 1. The molecule has 2 aromatic rings. The van der Waals surface area contributed by atoms with Crippen molar-refractivity contribution in [3.63, 3.8) is 0 Å². The number of rotatable bonds is 5. The van der Waals surface area contributed by atoms with E-state index < -0.39 is 0 Å². The van der Waals surface area contributed by atoms with Crippen LogP contribution in [0.25, 0.3) is 0 Å². The standard InChI is InChI=1S/C20H24N2O3/c1-15(23)17-11-12-22(14-17)20(24)21-13-16-7-5-6-10-19(16)25-18-8-3-2-4-9-18/h2-10,15,17,23H,11-14H2,1H3,(H,21,24). The van der Waals surface area contributed by atoms with E-state index in [1.165, 1.54) is 0 Å². The van der Waals surface area contributed by atoms with Crippen LogP contribution in [0, 0.1) is 5.92 Å². The third-order valence-corrected chi connectivity index (χ3v) is 4.57. The number of para-hydroxylation sites is 2. The summed E-state index contributed by atoms with van der Waals surface area (Å²) in [4.78, 5) is 14.1. The molecule has 0 spiro atoms. The number of carbonyl (C=O) groups excluding carboxylic acids is 1. The van der Waals surface area contributed by atoms with Gasteiger partial charge in [-0.25, -0.2) is 4.79 Å². The molecule has 0 aliphatic carbocycles. The van der Waals surface area contributed by atoms with E-state index in [9.17, 15) is 9.90 Å². The molecule has 2 unspecified atom stereocenters. The van der Waals surface area contributed by atoms with Gasteiger partial charge >= 0.3 is 6.03 Å². The minimum atomic E-state index is -0.377. The largest absolute Gasteiger partial charge is 0.457 e. The lowest BCUT2D eigenvalue weighted by Crippen LogP contribution is -2.38. The summed E-state index contributed by atoms with van der Waals surface area (Å²) in [5.74, 6) is 1.66. The molecule has 132 valence electrons. The Morgan fingerprint density at radius 1 is 1.24 bits per heavy atom. The van der Waals surface area contributed by atoms with Crippen LogP contribution in [-0.2, 0) is 6.54 Å². The first-order valence-electron chi connectivity index (χ1n) is 8.65. The van der Waals surface area contributed by atoms with Gasteiger partial charge < -0.3 is 20.1 Å². The number of nitrogens with one attached hydrogen (secondary N) is 1. The number of urea groups is 1. The topological polar surface area (TPSA) is 61.8 Å². The lowest BCUT2D eigenvalue weighted by molar-refractivity contribution is 0.129. The highest BCUT2D eigenvalue weighted by Crippen LogP contribution is 2.25. The highest BCUT2D eigenvalue weighted by Gasteiger charge is 2.28. The van der Waals surface area contributed by atoms with Crippen molar-refractivity contribution < 1.29 is 14.6 Å². The summed E-state index contributed by atoms with van der Waals surface area (Å²) in [7, 11) is 0. The first-order chi connectivity index (χ1) is 12.1. The lowest BCUT2D eigenvalue weighted by atomic mass is 10.0. The number of amides is 2. The Labute approximate surface area is 148 Å². The summed E-state index contributed by atoms with van der Waals surface area (Å²) in [5.41, 5.74) is 0.922. The molecule has 1 saturated heterocycles. The van der Waals surface area contributed by atoms with Gasteiger partial charge in [0.2, 0.25) is 0 Å². The molecule has 2 N–H and O–H groups in total. The fourth-order valence-corrected chi connectivity index (χ4v) is 3.01. The monoisotopic (exact) mass is 340 g/mol. The number of aliphatic hydroxyl groups is 1. The van der Waals surface area contributed by atoms with Crippen molar-refractivity contribution in [2.24, 2.45) is 5.92 Å². The predicted octanol–water partition coefficient (Wildman–Crippen LogP) is 3.39. The second kappa shape index (κ2) is 8.03. The Morgan fingerprint density at radius 2 is 1.96 bits per heavy atom. The fraction of sp³-hybridized carbons (Fsp3) is 0.350. The van der Waals surface area contributed by atoms with Crippen molar-refractivity contribution in [2.45, 2.75) is 26.0 Å². The number of nitrogens with zero attached hydrogens (tertiary/aromatic N) is 1. The minimum Gasteiger partial charge on any atom is -0.457 e. The van der Waals surface area contributed by atoms with Crippen molar-refractivity contribution in [1.29, 1.82) is 0 Å². The maximum atomic E-state index is 12.3. The predicted molar refractivity (Wildman–Crippen MR) is 96.6 cm³/mol. The van der Waals surface area contributed by atoms with Gasteiger partial charge in [-0.1, -0.05) is 36.4 Å². The summed E-state index contributed by atoms with van der Waals surface area (Å²) in [6.07, 6.45) is 0.469. The van der Waals surface area contributed by atoms with Crippen molar-refractivity contribution in [1.82, 2.24) is 10.2 Å². The van der Waals surface area contributed by atoms with Gasteiger partial charge in [0.25, 0.3) is 0 Å². The zero-order valence-corrected chi connectivity index (χ0v) is 14.4. The summed E-state index contributed by atoms with van der Waals surface area (Å²) >= 11 is 0. The molecule has 0 saturated carbocycles. The molecule has 1 aliphatic rings. The van der Waals surface area contributed by atoms with E-state index in [-0.39, 0.29) is 18.1 Å². The number of ether oxygens (including phenoxy) is 1. The summed E-state index contributed by atoms with van der Waals surface area (Å²) in [5, 5.41) is 12.6. The van der Waals surface area contributed by atoms with Gasteiger partial charge in [-0.05, 0) is 31.5 Å². The van der Waals surface area contributed by atoms with Crippen LogP contribution < -0.4 is 10.1 Å². The van der Waals surface area contributed by atoms with E-state index in [4.69, 9.17) is 4.74 Å². The Kier molecular flexibility index (Phi) is 5.56. The number of hydrogen-bond donors (Lipinski definition) is 2. The normalized spacial score (nSPS) is 18.0. The molecule has 0 radical (unpaired) electrons. The van der Waals surface area contributed by atoms with Crippen molar-refractivity contribution >= 4 is 6.03 Å². The smallest absolute Gasteiger partial charge is 0.317 e. The quantitative estimate of drug-likeness (QED) is 0.877. The van der Waals surface area contributed by atoms with Crippen LogP contribution in [0.5, 0.6) is 11.5 Å². The summed E-state index contributed by atoms with van der Waals surface area (Å²) in [6.45, 7) is 3.47. The highest BCUT2D eigenvalue weighted by molar-refractivity contribution is 5.74. The van der Waals surface area contributed by atoms with Crippen LogP contribution in [0.2, 0.25) is 0 Å². The van der Waals surface area contributed by atoms with Crippen molar-refractivity contribution in [3.05, 3.63) is 60.2 Å². The van der Waals surface area contributed by atoms with Crippen LogP contribution in [0.15, 0.2) is 54.6 Å². The summed E-state index contributed by atoms with van der Waals surface area (Å²) < 4.78 is 5.92. The van der Waals surface area contributed by atoms with Crippen LogP contribution in [-0.4, -0.2) is 35.2 Å². The number of likely N-dealkylation sites (tertiary alicyclic amines) is 1. The number of benzene rings is 2. The van der Waals surface area contributed by atoms with Crippen LogP contribution in [0.3, 0.4) is 0 Å². The first-order valence-corrected chi connectivity index (χ1v) is 8.65. The molecule has 2 amide bonds. The Balaban J connectivity index is 1.59. The molecule has 1 heterocycles. The molecule has 25 heavy (non-hydrogen) atoms. The average Bonchev–Trinajstić information content (AvgIpc) is 3.12. The van der Waals surface area contributed by atoms with Crippen molar-refractivity contribution in [3.8, 4) is 11.5 Å². The zero-order valence-electron chi connectivity index (χ0n) is 14.4. The van der Waals surface area contributed by atoms with Crippen LogP contribution in [0.1, 0.15) is 18.9 Å². The van der Waals surface area contributed by atoms with E-state index in [0.717, 1.165) is 23.5 Å². The second-order valence-corrected chi connectivity index (χ2v) is 6.42. The molecule has 5 heteroatoms. The summed E-state index contributed by atoms with van der Waals surface area (Å²) in [6, 6.07) is 17.2. The maximum absolute atomic E-state index is 12.3. The van der Waals surface area contributed by atoms with E-state index >= 15 is 0 Å². The van der Waals surface area contributed by atoms with Crippen molar-refractivity contribution in [2.75, 3.05) is 13.1 Å². The number of carbonyl (C=O) groups is 1. The second-order valence-electron chi connectivity index (χ2n) is 6.42. The minimum absolute atomic E-state index is 0.0994. The molecule has 0 bridgehead atoms. The van der Waals surface area contributed by atoms with E-state index in [0.29, 0.717) is 19.6 Å². The van der Waals surface area contributed by atoms with Gasteiger partial charge in [0.15, 0.2) is 0 Å². The molecule has 0 aromatic heterocycles. The lowest BCUT2D eigenvalue weighted by Gasteiger charge is -2.19. The number of hydrogen-bond acceptors (Lipinski definition) is 3. The van der Waals surface area contributed by atoms with E-state index in [1.54, 1.807) is 11.8 Å². The molecule has 2 aromatic carbocycles. The SMILES string of the molecule is CC(O)C1CCN(C(=O)NCc2ccccc2Oc2ccccc2)C1. The van der Waals surface area contributed by atoms with Gasteiger partial charge in [-0.15, -0.1) is 0 Å². The third-order valence-electron chi connectivity index (χ3n) is 4.57. The first kappa shape index (κ1) is 17.3. The molecular weight excluding hydrogens is 316 g/mol. The maximum Gasteiger partial charge on any atom is 0.317 e. The van der Waals surface area contributed by atoms with E-state index in [2.05, 4.69) is 5.32 Å². The van der Waals surface area contributed by atoms with E-state index in [1.807, 2.05) is 54.6 Å². The molecule has 5 nitrogen and oxygen atoms in total. The van der Waals surface area contributed by atoms with Gasteiger partial charge in [-0.3, -0.25) is 0 Å².